The number of hydrogen-bond donors (Lipinski definition) is 2. The summed E-state index contributed by atoms with van der Waals surface area (Å²) in [5, 5.41) is 0.985. The minimum atomic E-state index is -0.491. The van der Waals surface area contributed by atoms with Crippen LogP contribution in [0.3, 0.4) is 0 Å². The summed E-state index contributed by atoms with van der Waals surface area (Å²) in [5.41, 5.74) is 14.5. The molecule has 32 heavy (non-hydrogen) atoms. The first-order valence-electron chi connectivity index (χ1n) is 10.2. The van der Waals surface area contributed by atoms with Gasteiger partial charge in [0.25, 0.3) is 11.8 Å². The van der Waals surface area contributed by atoms with E-state index in [1.165, 1.54) is 0 Å². The van der Waals surface area contributed by atoms with Gasteiger partial charge in [0.15, 0.2) is 5.82 Å². The number of nitrogens with zero attached hydrogens (tertiary/aromatic N) is 3. The smallest absolute Gasteiger partial charge is 0.258 e. The molecule has 7 nitrogen and oxygen atoms in total. The number of aromatic nitrogens is 2. The molecule has 0 bridgehead atoms. The Labute approximate surface area is 196 Å². The minimum Gasteiger partial charge on any atom is -0.467 e. The van der Waals surface area contributed by atoms with Gasteiger partial charge >= 0.3 is 0 Å². The molecule has 1 fully saturated rings. The first-order chi connectivity index (χ1) is 15.3. The molecule has 1 aliphatic rings. The molecule has 1 amide bonds. The highest BCUT2D eigenvalue weighted by Crippen LogP contribution is 2.34. The maximum atomic E-state index is 12.6. The molecular weight excluding hydrogens is 449 g/mol. The summed E-state index contributed by atoms with van der Waals surface area (Å²) in [4.78, 5) is 23.1. The second kappa shape index (κ2) is 9.32. The SMILES string of the molecule is CC(Oc1nc(-c2ccc(C(=O)N3CCC(N)C3)cc2)cnc1N)c1c(Cl)cccc1Cl. The number of anilines is 1. The van der Waals surface area contributed by atoms with Crippen LogP contribution < -0.4 is 16.2 Å². The van der Waals surface area contributed by atoms with Gasteiger partial charge in [-0.3, -0.25) is 4.79 Å². The van der Waals surface area contributed by atoms with Crippen molar-refractivity contribution in [2.24, 2.45) is 5.73 Å². The summed E-state index contributed by atoms with van der Waals surface area (Å²) in [6, 6.07) is 12.5. The fourth-order valence-electron chi connectivity index (χ4n) is 3.67. The van der Waals surface area contributed by atoms with Crippen molar-refractivity contribution in [2.45, 2.75) is 25.5 Å². The van der Waals surface area contributed by atoms with E-state index in [-0.39, 0.29) is 23.6 Å². The molecule has 4 rings (SSSR count). The minimum absolute atomic E-state index is 0.0256. The molecule has 0 spiro atoms. The van der Waals surface area contributed by atoms with E-state index >= 15 is 0 Å². The molecule has 2 unspecified atom stereocenters. The van der Waals surface area contributed by atoms with Gasteiger partial charge in [-0.2, -0.15) is 0 Å². The van der Waals surface area contributed by atoms with Crippen LogP contribution in [0, 0.1) is 0 Å². The molecule has 1 aliphatic heterocycles. The average Bonchev–Trinajstić information content (AvgIpc) is 3.21. The van der Waals surface area contributed by atoms with Gasteiger partial charge in [0.1, 0.15) is 6.10 Å². The summed E-state index contributed by atoms with van der Waals surface area (Å²) < 4.78 is 5.95. The molecule has 1 saturated heterocycles. The molecule has 4 N–H and O–H groups in total. The van der Waals surface area contributed by atoms with E-state index in [9.17, 15) is 4.79 Å². The Morgan fingerprint density at radius 1 is 1.19 bits per heavy atom. The highest BCUT2D eigenvalue weighted by Gasteiger charge is 2.24. The number of nitrogen functional groups attached to an aromatic ring is 1. The zero-order valence-electron chi connectivity index (χ0n) is 17.5. The zero-order chi connectivity index (χ0) is 22.8. The van der Waals surface area contributed by atoms with E-state index < -0.39 is 6.10 Å². The molecule has 166 valence electrons. The van der Waals surface area contributed by atoms with Gasteiger partial charge in [-0.15, -0.1) is 0 Å². The molecule has 0 radical (unpaired) electrons. The lowest BCUT2D eigenvalue weighted by molar-refractivity contribution is 0.0791. The first kappa shape index (κ1) is 22.3. The van der Waals surface area contributed by atoms with Crippen LogP contribution in [-0.4, -0.2) is 39.9 Å². The number of nitrogens with two attached hydrogens (primary N) is 2. The quantitative estimate of drug-likeness (QED) is 0.572. The molecule has 9 heteroatoms. The Bertz CT molecular complexity index is 1120. The largest absolute Gasteiger partial charge is 0.467 e. The van der Waals surface area contributed by atoms with Crippen LogP contribution in [0.2, 0.25) is 10.0 Å². The number of benzene rings is 2. The lowest BCUT2D eigenvalue weighted by Gasteiger charge is -2.18. The van der Waals surface area contributed by atoms with Crippen LogP contribution in [0.5, 0.6) is 5.88 Å². The summed E-state index contributed by atoms with van der Waals surface area (Å²) in [6.07, 6.45) is 1.90. The molecule has 0 aliphatic carbocycles. The maximum absolute atomic E-state index is 12.6. The van der Waals surface area contributed by atoms with Gasteiger partial charge in [-0.05, 0) is 37.6 Å². The van der Waals surface area contributed by atoms with E-state index in [2.05, 4.69) is 9.97 Å². The Hall–Kier alpha value is -2.87. The third-order valence-electron chi connectivity index (χ3n) is 5.40. The number of carbonyl (C=O) groups is 1. The highest BCUT2D eigenvalue weighted by molar-refractivity contribution is 6.36. The average molecular weight is 472 g/mol. The summed E-state index contributed by atoms with van der Waals surface area (Å²) >= 11 is 12.6. The van der Waals surface area contributed by atoms with Crippen molar-refractivity contribution in [3.63, 3.8) is 0 Å². The summed E-state index contributed by atoms with van der Waals surface area (Å²) in [7, 11) is 0. The maximum Gasteiger partial charge on any atom is 0.258 e. The Morgan fingerprint density at radius 2 is 1.88 bits per heavy atom. The van der Waals surface area contributed by atoms with Crippen LogP contribution >= 0.6 is 23.2 Å². The lowest BCUT2D eigenvalue weighted by atomic mass is 10.1. The van der Waals surface area contributed by atoms with Crippen LogP contribution in [-0.2, 0) is 0 Å². The topological polar surface area (TPSA) is 107 Å². The van der Waals surface area contributed by atoms with Crippen LogP contribution in [0.4, 0.5) is 5.82 Å². The number of ether oxygens (including phenoxy) is 1. The van der Waals surface area contributed by atoms with Gasteiger partial charge in [0, 0.05) is 45.9 Å². The van der Waals surface area contributed by atoms with Gasteiger partial charge in [-0.25, -0.2) is 9.97 Å². The molecule has 2 heterocycles. The van der Waals surface area contributed by atoms with E-state index in [0.717, 1.165) is 12.0 Å². The van der Waals surface area contributed by atoms with Crippen molar-refractivity contribution in [3.05, 3.63) is 69.8 Å². The Kier molecular flexibility index (Phi) is 6.50. The third kappa shape index (κ3) is 4.65. The zero-order valence-corrected chi connectivity index (χ0v) is 19.0. The standard InChI is InChI=1S/C23H23Cl2N5O2/c1-13(20-17(24)3-2-4-18(20)25)32-22-21(27)28-11-19(29-22)14-5-7-15(8-6-14)23(31)30-10-9-16(26)12-30/h2-8,11,13,16H,9-10,12,26H2,1H3,(H2,27,28). The van der Waals surface area contributed by atoms with Gasteiger partial charge in [0.2, 0.25) is 0 Å². The third-order valence-corrected chi connectivity index (χ3v) is 6.06. The Balaban J connectivity index is 1.54. The molecule has 3 aromatic rings. The summed E-state index contributed by atoms with van der Waals surface area (Å²) in [5.74, 6) is 0.306. The van der Waals surface area contributed by atoms with Crippen molar-refractivity contribution in [2.75, 3.05) is 18.8 Å². The second-order valence-corrected chi connectivity index (χ2v) is 8.53. The Morgan fingerprint density at radius 3 is 2.50 bits per heavy atom. The van der Waals surface area contributed by atoms with Crippen molar-refractivity contribution in [3.8, 4) is 17.1 Å². The predicted octanol–water partition coefficient (Wildman–Crippen LogP) is 4.35. The van der Waals surface area contributed by atoms with Crippen LogP contribution in [0.25, 0.3) is 11.3 Å². The fraction of sp³-hybridized carbons (Fsp3) is 0.261. The van der Waals surface area contributed by atoms with Crippen molar-refractivity contribution < 1.29 is 9.53 Å². The highest BCUT2D eigenvalue weighted by atomic mass is 35.5. The molecule has 0 saturated carbocycles. The monoisotopic (exact) mass is 471 g/mol. The van der Waals surface area contributed by atoms with Gasteiger partial charge in [0.05, 0.1) is 11.9 Å². The van der Waals surface area contributed by atoms with E-state index in [1.54, 1.807) is 41.4 Å². The summed E-state index contributed by atoms with van der Waals surface area (Å²) in [6.45, 7) is 3.07. The second-order valence-electron chi connectivity index (χ2n) is 7.72. The number of carbonyl (C=O) groups excluding carboxylic acids is 1. The number of halogens is 2. The van der Waals surface area contributed by atoms with E-state index in [0.29, 0.717) is 40.0 Å². The normalized spacial score (nSPS) is 16.8. The van der Waals surface area contributed by atoms with Crippen LogP contribution in [0.15, 0.2) is 48.7 Å². The fourth-order valence-corrected chi connectivity index (χ4v) is 4.38. The van der Waals surface area contributed by atoms with E-state index in [4.69, 9.17) is 39.4 Å². The number of rotatable bonds is 5. The molecule has 2 atom stereocenters. The number of likely N-dealkylation sites (tertiary alicyclic amines) is 1. The van der Waals surface area contributed by atoms with E-state index in [1.807, 2.05) is 19.1 Å². The van der Waals surface area contributed by atoms with Gasteiger partial charge < -0.3 is 21.1 Å². The van der Waals surface area contributed by atoms with Crippen molar-refractivity contribution in [1.29, 1.82) is 0 Å². The van der Waals surface area contributed by atoms with Crippen molar-refractivity contribution >= 4 is 34.9 Å². The molecular formula is C23H23Cl2N5O2. The number of hydrogen-bond acceptors (Lipinski definition) is 6. The lowest BCUT2D eigenvalue weighted by Crippen LogP contribution is -2.31. The van der Waals surface area contributed by atoms with Crippen LogP contribution in [0.1, 0.15) is 35.4 Å². The molecule has 1 aromatic heterocycles. The van der Waals surface area contributed by atoms with Gasteiger partial charge in [-0.1, -0.05) is 41.4 Å². The predicted molar refractivity (Wildman–Crippen MR) is 126 cm³/mol. The first-order valence-corrected chi connectivity index (χ1v) is 11.0. The van der Waals surface area contributed by atoms with Crippen molar-refractivity contribution in [1.82, 2.24) is 14.9 Å². The number of amides is 1. The molecule has 2 aromatic carbocycles.